The van der Waals surface area contributed by atoms with Crippen LogP contribution in [-0.2, 0) is 13.8 Å². The average Bonchev–Trinajstić information content (AvgIpc) is 3.05. The zero-order chi connectivity index (χ0) is 18.4. The lowest BCUT2D eigenvalue weighted by Gasteiger charge is -2.21. The lowest BCUT2D eigenvalue weighted by molar-refractivity contribution is -0.151. The molecule has 0 radical (unpaired) electrons. The van der Waals surface area contributed by atoms with E-state index in [4.69, 9.17) is 14.5 Å². The van der Waals surface area contributed by atoms with Crippen LogP contribution in [-0.4, -0.2) is 75.9 Å². The van der Waals surface area contributed by atoms with Gasteiger partial charge in [0.1, 0.15) is 23.8 Å². The third-order valence-electron chi connectivity index (χ3n) is 3.36. The highest BCUT2D eigenvalue weighted by atomic mass is 31.2. The lowest BCUT2D eigenvalue weighted by atomic mass is 10.1. The molecule has 3 rings (SSSR count). The van der Waals surface area contributed by atoms with Crippen LogP contribution in [0, 0.1) is 6.08 Å². The van der Waals surface area contributed by atoms with Gasteiger partial charge in [-0.2, -0.15) is 14.4 Å². The number of aromatic nitrogens is 4. The molecule has 13 nitrogen and oxygen atoms in total. The molecular weight excluding hydrogens is 368 g/mol. The van der Waals surface area contributed by atoms with Gasteiger partial charge in [0.2, 0.25) is 0 Å². The number of hydrogen-bond donors (Lipinski definition) is 7. The van der Waals surface area contributed by atoms with Gasteiger partial charge in [-0.05, 0) is 0 Å². The first-order chi connectivity index (χ1) is 11.7. The van der Waals surface area contributed by atoms with Crippen molar-refractivity contribution in [3.63, 3.8) is 0 Å². The second-order valence-corrected chi connectivity index (χ2v) is 6.27. The van der Waals surface area contributed by atoms with Gasteiger partial charge in [-0.3, -0.25) is 4.52 Å². The minimum absolute atomic E-state index is 0.00977. The smallest absolute Gasteiger partial charge is 0.387 e. The number of rotatable bonds is 5. The van der Waals surface area contributed by atoms with Crippen molar-refractivity contribution in [2.45, 2.75) is 30.8 Å². The minimum atomic E-state index is -5.06. The van der Waals surface area contributed by atoms with Crippen molar-refractivity contribution in [3.8, 4) is 0 Å². The Hall–Kier alpha value is -1.77. The fourth-order valence-electron chi connectivity index (χ4n) is 2.31. The summed E-state index contributed by atoms with van der Waals surface area (Å²) in [7, 11) is -5.06. The second kappa shape index (κ2) is 6.51. The van der Waals surface area contributed by atoms with Gasteiger partial charge in [0.05, 0.1) is 6.33 Å². The molecule has 1 aliphatic heterocycles. The zero-order valence-electron chi connectivity index (χ0n) is 12.1. The number of phosphoric acid groups is 1. The molecule has 2 unspecified atom stereocenters. The van der Waals surface area contributed by atoms with Crippen LogP contribution < -0.4 is 5.32 Å². The summed E-state index contributed by atoms with van der Waals surface area (Å²) in [6.45, 7) is 0. The molecular formula is C10H13FN5O8P. The van der Waals surface area contributed by atoms with E-state index in [1.165, 1.54) is 6.33 Å². The number of H-pyrrole nitrogens is 1. The van der Waals surface area contributed by atoms with Crippen molar-refractivity contribution in [2.24, 2.45) is 0 Å². The maximum Gasteiger partial charge on any atom is 0.472 e. The first-order valence-electron chi connectivity index (χ1n) is 6.72. The Morgan fingerprint density at radius 1 is 1.36 bits per heavy atom. The standard InChI is InChI=1S/C10H13FN5O8P/c11-10-15-6-2(12-1-13-6)7(16-10)14-8-4(18)3(17)5(23-8)9(19)24-25(20,21)22/h1,3-5,8-9,17-19H,(H2,20,21,22)(H2,12,13,14,15,16)/t3-,4-,5-,8?,9?/m0/s1. The van der Waals surface area contributed by atoms with Crippen molar-refractivity contribution in [1.82, 2.24) is 19.9 Å². The lowest BCUT2D eigenvalue weighted by Crippen LogP contribution is -2.40. The molecule has 0 saturated carbocycles. The molecule has 5 atom stereocenters. The molecule has 15 heteroatoms. The van der Waals surface area contributed by atoms with Crippen molar-refractivity contribution in [2.75, 3.05) is 5.32 Å². The third-order valence-corrected chi connectivity index (χ3v) is 3.85. The summed E-state index contributed by atoms with van der Waals surface area (Å²) in [5, 5.41) is 31.9. The largest absolute Gasteiger partial charge is 0.472 e. The van der Waals surface area contributed by atoms with Crippen LogP contribution in [0.25, 0.3) is 11.2 Å². The molecule has 0 aliphatic carbocycles. The Labute approximate surface area is 137 Å². The highest BCUT2D eigenvalue weighted by molar-refractivity contribution is 7.46. The maximum atomic E-state index is 13.4. The molecule has 0 aromatic carbocycles. The third kappa shape index (κ3) is 3.75. The molecule has 1 fully saturated rings. The quantitative estimate of drug-likeness (QED) is 0.167. The van der Waals surface area contributed by atoms with E-state index in [0.29, 0.717) is 0 Å². The zero-order valence-corrected chi connectivity index (χ0v) is 13.0. The number of halogens is 1. The average molecular weight is 381 g/mol. The van der Waals surface area contributed by atoms with Gasteiger partial charge in [-0.15, -0.1) is 0 Å². The number of aliphatic hydroxyl groups excluding tert-OH is 3. The van der Waals surface area contributed by atoms with Gasteiger partial charge in [0.15, 0.2) is 24.0 Å². The molecule has 2 aromatic rings. The number of imidazole rings is 1. The van der Waals surface area contributed by atoms with Crippen molar-refractivity contribution < 1.29 is 43.3 Å². The SMILES string of the molecule is O=P(O)(O)OC(O)[C@H]1OC(Nc2nc(F)nc3nc[nH]c23)[C@@H](O)[C@@H]1O. The number of aromatic amines is 1. The second-order valence-electron chi connectivity index (χ2n) is 5.08. The normalized spacial score (nSPS) is 28.4. The van der Waals surface area contributed by atoms with Crippen LogP contribution in [0.2, 0.25) is 0 Å². The highest BCUT2D eigenvalue weighted by Gasteiger charge is 2.48. The van der Waals surface area contributed by atoms with Crippen LogP contribution in [0.5, 0.6) is 0 Å². The molecule has 0 amide bonds. The number of ether oxygens (including phenoxy) is 1. The number of nitrogens with zero attached hydrogens (tertiary/aromatic N) is 3. The minimum Gasteiger partial charge on any atom is -0.387 e. The van der Waals surface area contributed by atoms with Gasteiger partial charge >= 0.3 is 13.9 Å². The van der Waals surface area contributed by atoms with Gasteiger partial charge in [0.25, 0.3) is 0 Å². The van der Waals surface area contributed by atoms with Crippen molar-refractivity contribution in [3.05, 3.63) is 12.4 Å². The van der Waals surface area contributed by atoms with E-state index >= 15 is 0 Å². The summed E-state index contributed by atoms with van der Waals surface area (Å²) in [6.07, 6.45) is -8.63. The summed E-state index contributed by atoms with van der Waals surface area (Å²) in [5.74, 6) is -0.151. The fraction of sp³-hybridized carbons (Fsp3) is 0.500. The predicted molar refractivity (Wildman–Crippen MR) is 75.1 cm³/mol. The van der Waals surface area contributed by atoms with Crippen LogP contribution in [0.4, 0.5) is 10.2 Å². The van der Waals surface area contributed by atoms with Gasteiger partial charge < -0.3 is 40.1 Å². The molecule has 7 N–H and O–H groups in total. The van der Waals surface area contributed by atoms with Crippen molar-refractivity contribution >= 4 is 24.8 Å². The van der Waals surface area contributed by atoms with E-state index < -0.39 is 44.7 Å². The van der Waals surface area contributed by atoms with E-state index in [9.17, 15) is 24.3 Å². The van der Waals surface area contributed by atoms with Crippen molar-refractivity contribution in [1.29, 1.82) is 0 Å². The summed E-state index contributed by atoms with van der Waals surface area (Å²) in [4.78, 5) is 30.6. The van der Waals surface area contributed by atoms with Gasteiger partial charge in [0, 0.05) is 0 Å². The molecule has 3 heterocycles. The molecule has 25 heavy (non-hydrogen) atoms. The Balaban J connectivity index is 1.79. The molecule has 0 bridgehead atoms. The Bertz CT molecular complexity index is 816. The van der Waals surface area contributed by atoms with E-state index in [1.807, 2.05) is 0 Å². The number of aliphatic hydroxyl groups is 3. The Kier molecular flexibility index (Phi) is 4.70. The predicted octanol–water partition coefficient (Wildman–Crippen LogP) is -2.22. The Morgan fingerprint density at radius 3 is 2.76 bits per heavy atom. The summed E-state index contributed by atoms with van der Waals surface area (Å²) in [6, 6.07) is 0. The topological polar surface area (TPSA) is 203 Å². The van der Waals surface area contributed by atoms with Crippen LogP contribution in [0.15, 0.2) is 6.33 Å². The molecule has 1 aliphatic rings. The summed E-state index contributed by atoms with van der Waals surface area (Å²) < 4.78 is 33.3. The Morgan fingerprint density at radius 2 is 2.08 bits per heavy atom. The van der Waals surface area contributed by atoms with E-state index in [-0.39, 0.29) is 17.0 Å². The van der Waals surface area contributed by atoms with Gasteiger partial charge in [-0.25, -0.2) is 9.55 Å². The molecule has 2 aromatic heterocycles. The van der Waals surface area contributed by atoms with E-state index in [0.717, 1.165) is 0 Å². The van der Waals surface area contributed by atoms with Crippen LogP contribution >= 0.6 is 7.82 Å². The number of nitrogens with one attached hydrogen (secondary N) is 2. The highest BCUT2D eigenvalue weighted by Crippen LogP contribution is 2.39. The number of phosphoric ester groups is 1. The monoisotopic (exact) mass is 381 g/mol. The molecule has 0 spiro atoms. The van der Waals surface area contributed by atoms with Crippen LogP contribution in [0.1, 0.15) is 0 Å². The first-order valence-corrected chi connectivity index (χ1v) is 8.25. The summed E-state index contributed by atoms with van der Waals surface area (Å²) in [5.41, 5.74) is 0.173. The van der Waals surface area contributed by atoms with E-state index in [2.05, 4.69) is 29.8 Å². The molecule has 1 saturated heterocycles. The summed E-state index contributed by atoms with van der Waals surface area (Å²) >= 11 is 0. The number of fused-ring (bicyclic) bond motifs is 1. The first kappa shape index (κ1) is 18.0. The van der Waals surface area contributed by atoms with E-state index in [1.54, 1.807) is 0 Å². The van der Waals surface area contributed by atoms with Crippen LogP contribution in [0.3, 0.4) is 0 Å². The fourth-order valence-corrected chi connectivity index (χ4v) is 2.71. The number of hydrogen-bond acceptors (Lipinski definition) is 10. The maximum absolute atomic E-state index is 13.4. The molecule has 138 valence electrons. The van der Waals surface area contributed by atoms with Gasteiger partial charge in [-0.1, -0.05) is 0 Å². The number of anilines is 1.